The number of guanidine groups is 1. The van der Waals surface area contributed by atoms with E-state index >= 15 is 0 Å². The molecule has 1 saturated heterocycles. The molecule has 9 heteroatoms. The van der Waals surface area contributed by atoms with Crippen molar-refractivity contribution in [2.24, 2.45) is 4.99 Å². The van der Waals surface area contributed by atoms with Crippen LogP contribution in [0.25, 0.3) is 0 Å². The molecule has 0 aromatic heterocycles. The first-order valence-electron chi connectivity index (χ1n) is 8.74. The second kappa shape index (κ2) is 11.7. The summed E-state index contributed by atoms with van der Waals surface area (Å²) in [6, 6.07) is 6.82. The molecule has 0 atom stereocenters. The second-order valence-electron chi connectivity index (χ2n) is 6.11. The van der Waals surface area contributed by atoms with Gasteiger partial charge in [0.25, 0.3) is 0 Å². The minimum Gasteiger partial charge on any atom is -0.355 e. The van der Waals surface area contributed by atoms with Gasteiger partial charge in [-0.15, -0.1) is 24.0 Å². The summed E-state index contributed by atoms with van der Waals surface area (Å²) in [5.41, 5.74) is 0.994. The van der Waals surface area contributed by atoms with Gasteiger partial charge in [-0.1, -0.05) is 18.6 Å². The van der Waals surface area contributed by atoms with Crippen molar-refractivity contribution >= 4 is 40.0 Å². The van der Waals surface area contributed by atoms with Crippen molar-refractivity contribution in [1.29, 1.82) is 0 Å². The molecule has 2 rings (SSSR count). The van der Waals surface area contributed by atoms with Gasteiger partial charge in [-0.25, -0.2) is 13.1 Å². The number of likely N-dealkylation sites (tertiary alicyclic amines) is 1. The van der Waals surface area contributed by atoms with Crippen LogP contribution in [-0.2, 0) is 16.6 Å². The van der Waals surface area contributed by atoms with E-state index in [1.807, 2.05) is 0 Å². The summed E-state index contributed by atoms with van der Waals surface area (Å²) in [5, 5.41) is 6.57. The molecule has 1 aliphatic heterocycles. The number of nitrogens with zero attached hydrogens (tertiary/aromatic N) is 2. The molecule has 0 unspecified atom stereocenters. The molecular weight excluding hydrogens is 465 g/mol. The highest BCUT2D eigenvalue weighted by molar-refractivity contribution is 14.0. The zero-order chi connectivity index (χ0) is 18.1. The van der Waals surface area contributed by atoms with E-state index in [-0.39, 0.29) is 28.9 Å². The molecule has 26 heavy (non-hydrogen) atoms. The Morgan fingerprint density at radius 2 is 1.77 bits per heavy atom. The van der Waals surface area contributed by atoms with Crippen molar-refractivity contribution in [2.75, 3.05) is 40.3 Å². The Morgan fingerprint density at radius 3 is 2.35 bits per heavy atom. The topological polar surface area (TPSA) is 85.8 Å². The predicted molar refractivity (Wildman–Crippen MR) is 117 cm³/mol. The molecule has 1 fully saturated rings. The Hall–Kier alpha value is -0.910. The predicted octanol–water partition coefficient (Wildman–Crippen LogP) is 1.36. The molecule has 1 heterocycles. The monoisotopic (exact) mass is 495 g/mol. The molecule has 0 radical (unpaired) electrons. The summed E-state index contributed by atoms with van der Waals surface area (Å²) >= 11 is 0. The van der Waals surface area contributed by atoms with E-state index in [1.54, 1.807) is 31.3 Å². The lowest BCUT2D eigenvalue weighted by atomic mass is 10.1. The Balaban J connectivity index is 0.00000338. The third kappa shape index (κ3) is 7.37. The number of hydrogen-bond acceptors (Lipinski definition) is 4. The molecule has 1 aromatic rings. The Kier molecular flexibility index (Phi) is 10.4. The minimum absolute atomic E-state index is 0. The van der Waals surface area contributed by atoms with Gasteiger partial charge in [0.15, 0.2) is 5.96 Å². The van der Waals surface area contributed by atoms with Crippen LogP contribution in [0.4, 0.5) is 0 Å². The average molecular weight is 495 g/mol. The molecule has 3 N–H and O–H groups in total. The molecule has 0 amide bonds. The van der Waals surface area contributed by atoms with E-state index < -0.39 is 10.0 Å². The van der Waals surface area contributed by atoms with Crippen molar-refractivity contribution in [1.82, 2.24) is 20.3 Å². The van der Waals surface area contributed by atoms with Gasteiger partial charge in [0.05, 0.1) is 4.90 Å². The third-order valence-electron chi connectivity index (χ3n) is 4.36. The number of nitrogens with one attached hydrogen (secondary N) is 3. The highest BCUT2D eigenvalue weighted by Gasteiger charge is 2.11. The number of hydrogen-bond donors (Lipinski definition) is 3. The van der Waals surface area contributed by atoms with Gasteiger partial charge >= 0.3 is 0 Å². The lowest BCUT2D eigenvalue weighted by molar-refractivity contribution is 0.232. The number of halogens is 1. The molecule has 0 spiro atoms. The fourth-order valence-electron chi connectivity index (χ4n) is 2.83. The van der Waals surface area contributed by atoms with E-state index in [4.69, 9.17) is 0 Å². The maximum atomic E-state index is 11.7. The Bertz CT molecular complexity index is 658. The number of rotatable bonds is 7. The minimum atomic E-state index is -3.38. The van der Waals surface area contributed by atoms with Gasteiger partial charge in [-0.3, -0.25) is 4.99 Å². The van der Waals surface area contributed by atoms with Crippen LogP contribution in [0, 0.1) is 0 Å². The van der Waals surface area contributed by atoms with E-state index in [0.29, 0.717) is 6.54 Å². The van der Waals surface area contributed by atoms with Crippen molar-refractivity contribution < 1.29 is 8.42 Å². The number of piperidine rings is 1. The molecular formula is C17H30IN5O2S. The zero-order valence-electron chi connectivity index (χ0n) is 15.5. The van der Waals surface area contributed by atoms with Gasteiger partial charge in [-0.2, -0.15) is 0 Å². The normalized spacial score (nSPS) is 16.0. The van der Waals surface area contributed by atoms with Crippen LogP contribution < -0.4 is 15.4 Å². The standard InChI is InChI=1S/C17H29N5O2S.HI/c1-18-17(20-10-13-22-11-4-3-5-12-22)21-14-15-6-8-16(9-7-15)25(23,24)19-2;/h6-9,19H,3-5,10-14H2,1-2H3,(H2,18,20,21);1H. The molecule has 0 aliphatic carbocycles. The molecule has 0 saturated carbocycles. The van der Waals surface area contributed by atoms with Crippen molar-refractivity contribution in [3.05, 3.63) is 29.8 Å². The lowest BCUT2D eigenvalue weighted by Gasteiger charge is -2.26. The van der Waals surface area contributed by atoms with Crippen LogP contribution in [0.2, 0.25) is 0 Å². The Labute approximate surface area is 174 Å². The van der Waals surface area contributed by atoms with Crippen molar-refractivity contribution in [3.63, 3.8) is 0 Å². The number of benzene rings is 1. The summed E-state index contributed by atoms with van der Waals surface area (Å²) in [7, 11) is -0.229. The maximum Gasteiger partial charge on any atom is 0.240 e. The quantitative estimate of drug-likeness (QED) is 0.302. The molecule has 7 nitrogen and oxygen atoms in total. The van der Waals surface area contributed by atoms with Crippen molar-refractivity contribution in [2.45, 2.75) is 30.7 Å². The van der Waals surface area contributed by atoms with Gasteiger partial charge in [0.2, 0.25) is 10.0 Å². The molecule has 148 valence electrons. The summed E-state index contributed by atoms with van der Waals surface area (Å²) < 4.78 is 25.7. The highest BCUT2D eigenvalue weighted by Crippen LogP contribution is 2.10. The average Bonchev–Trinajstić information content (AvgIpc) is 2.65. The largest absolute Gasteiger partial charge is 0.355 e. The fourth-order valence-corrected chi connectivity index (χ4v) is 3.56. The first-order chi connectivity index (χ1) is 12.0. The van der Waals surface area contributed by atoms with Crippen LogP contribution in [-0.4, -0.2) is 59.6 Å². The van der Waals surface area contributed by atoms with E-state index in [2.05, 4.69) is 25.2 Å². The molecule has 1 aliphatic rings. The van der Waals surface area contributed by atoms with Crippen LogP contribution in [0.3, 0.4) is 0 Å². The Morgan fingerprint density at radius 1 is 1.12 bits per heavy atom. The third-order valence-corrected chi connectivity index (χ3v) is 5.79. The van der Waals surface area contributed by atoms with Gasteiger partial charge < -0.3 is 15.5 Å². The van der Waals surface area contributed by atoms with E-state index in [1.165, 1.54) is 39.4 Å². The van der Waals surface area contributed by atoms with Crippen LogP contribution in [0.1, 0.15) is 24.8 Å². The molecule has 1 aromatic carbocycles. The second-order valence-corrected chi connectivity index (χ2v) is 7.99. The maximum absolute atomic E-state index is 11.7. The zero-order valence-corrected chi connectivity index (χ0v) is 18.6. The summed E-state index contributed by atoms with van der Waals surface area (Å²) in [6.07, 6.45) is 3.94. The van der Waals surface area contributed by atoms with Gasteiger partial charge in [0.1, 0.15) is 0 Å². The lowest BCUT2D eigenvalue weighted by Crippen LogP contribution is -2.42. The fraction of sp³-hybridized carbons (Fsp3) is 0.588. The summed E-state index contributed by atoms with van der Waals surface area (Å²) in [5.74, 6) is 0.754. The van der Waals surface area contributed by atoms with Gasteiger partial charge in [-0.05, 0) is 50.7 Å². The number of aliphatic imine (C=N–C) groups is 1. The van der Waals surface area contributed by atoms with E-state index in [9.17, 15) is 8.42 Å². The first-order valence-corrected chi connectivity index (χ1v) is 10.2. The van der Waals surface area contributed by atoms with Crippen molar-refractivity contribution in [3.8, 4) is 0 Å². The first kappa shape index (κ1) is 23.1. The summed E-state index contributed by atoms with van der Waals surface area (Å²) in [6.45, 7) is 4.85. The highest BCUT2D eigenvalue weighted by atomic mass is 127. The van der Waals surface area contributed by atoms with Crippen LogP contribution in [0.15, 0.2) is 34.2 Å². The smallest absolute Gasteiger partial charge is 0.240 e. The number of sulfonamides is 1. The molecule has 0 bridgehead atoms. The summed E-state index contributed by atoms with van der Waals surface area (Å²) in [4.78, 5) is 6.97. The van der Waals surface area contributed by atoms with E-state index in [0.717, 1.165) is 24.6 Å². The van der Waals surface area contributed by atoms with Gasteiger partial charge in [0, 0.05) is 26.7 Å². The van der Waals surface area contributed by atoms with Crippen LogP contribution in [0.5, 0.6) is 0 Å². The SMILES string of the molecule is CN=C(NCCN1CCCCC1)NCc1ccc(S(=O)(=O)NC)cc1.I. The van der Waals surface area contributed by atoms with Crippen LogP contribution >= 0.6 is 24.0 Å².